The lowest BCUT2D eigenvalue weighted by Gasteiger charge is -2.34. The number of aromatic nitrogens is 1. The highest BCUT2D eigenvalue weighted by Gasteiger charge is 2.32. The Morgan fingerprint density at radius 2 is 1.96 bits per heavy atom. The van der Waals surface area contributed by atoms with Crippen LogP contribution in [0.5, 0.6) is 5.88 Å². The molecule has 2 aromatic rings. The van der Waals surface area contributed by atoms with Crippen LogP contribution in [0.4, 0.5) is 0 Å². The molecule has 0 aliphatic heterocycles. The van der Waals surface area contributed by atoms with Crippen LogP contribution in [0.25, 0.3) is 0 Å². The molecular formula is C21H29NO4. The van der Waals surface area contributed by atoms with Crippen molar-refractivity contribution in [2.45, 2.75) is 45.3 Å². The molecule has 1 aromatic carbocycles. The molecule has 0 spiro atoms. The topological polar surface area (TPSA) is 53.7 Å². The number of nitrogens with zero attached hydrogens (tertiary/aromatic N) is 1. The van der Waals surface area contributed by atoms with Crippen molar-refractivity contribution in [1.82, 2.24) is 5.16 Å². The Morgan fingerprint density at radius 3 is 2.65 bits per heavy atom. The van der Waals surface area contributed by atoms with E-state index in [1.54, 1.807) is 7.11 Å². The summed E-state index contributed by atoms with van der Waals surface area (Å²) < 4.78 is 22.5. The molecule has 26 heavy (non-hydrogen) atoms. The quantitative estimate of drug-likeness (QED) is 0.628. The Bertz CT molecular complexity index is 649. The molecule has 1 aliphatic carbocycles. The fraction of sp³-hybridized carbons (Fsp3) is 0.571. The molecule has 3 rings (SSSR count). The van der Waals surface area contributed by atoms with Gasteiger partial charge in [-0.2, -0.15) is 0 Å². The first-order chi connectivity index (χ1) is 12.7. The summed E-state index contributed by atoms with van der Waals surface area (Å²) in [6.45, 7) is 6.38. The monoisotopic (exact) mass is 359 g/mol. The fourth-order valence-corrected chi connectivity index (χ4v) is 3.28. The molecule has 0 saturated heterocycles. The second-order valence-corrected chi connectivity index (χ2v) is 7.45. The molecule has 1 atom stereocenters. The maximum Gasteiger partial charge on any atom is 0.254 e. The first-order valence-corrected chi connectivity index (χ1v) is 9.39. The molecule has 1 aliphatic rings. The van der Waals surface area contributed by atoms with E-state index in [2.05, 4.69) is 31.1 Å². The van der Waals surface area contributed by atoms with Crippen LogP contribution in [0, 0.1) is 11.8 Å². The van der Waals surface area contributed by atoms with Gasteiger partial charge in [-0.1, -0.05) is 44.2 Å². The van der Waals surface area contributed by atoms with E-state index in [0.29, 0.717) is 30.9 Å². The zero-order valence-corrected chi connectivity index (χ0v) is 15.9. The smallest absolute Gasteiger partial charge is 0.254 e. The van der Waals surface area contributed by atoms with Crippen molar-refractivity contribution in [3.05, 3.63) is 47.7 Å². The number of ether oxygens (including phenoxy) is 3. The van der Waals surface area contributed by atoms with Crippen molar-refractivity contribution in [3.63, 3.8) is 0 Å². The summed E-state index contributed by atoms with van der Waals surface area (Å²) in [7, 11) is 1.71. The van der Waals surface area contributed by atoms with Crippen LogP contribution in [0.2, 0.25) is 0 Å². The highest BCUT2D eigenvalue weighted by molar-refractivity contribution is 5.16. The van der Waals surface area contributed by atoms with E-state index in [0.717, 1.165) is 25.2 Å². The minimum atomic E-state index is 0.199. The lowest BCUT2D eigenvalue weighted by Crippen LogP contribution is -2.36. The van der Waals surface area contributed by atoms with E-state index in [9.17, 15) is 0 Å². The molecule has 0 bridgehead atoms. The summed E-state index contributed by atoms with van der Waals surface area (Å²) >= 11 is 0. The van der Waals surface area contributed by atoms with Gasteiger partial charge >= 0.3 is 0 Å². The molecule has 142 valence electrons. The van der Waals surface area contributed by atoms with Gasteiger partial charge in [-0.3, -0.25) is 0 Å². The van der Waals surface area contributed by atoms with E-state index >= 15 is 0 Å². The minimum Gasteiger partial charge on any atom is -0.472 e. The zero-order valence-electron chi connectivity index (χ0n) is 15.9. The molecule has 1 saturated carbocycles. The van der Waals surface area contributed by atoms with E-state index in [1.807, 2.05) is 24.3 Å². The van der Waals surface area contributed by atoms with Crippen LogP contribution in [0.15, 0.2) is 40.9 Å². The predicted molar refractivity (Wildman–Crippen MR) is 99.2 cm³/mol. The van der Waals surface area contributed by atoms with Crippen molar-refractivity contribution >= 4 is 0 Å². The molecule has 1 unspecified atom stereocenters. The van der Waals surface area contributed by atoms with Gasteiger partial charge in [0, 0.05) is 19.1 Å². The summed E-state index contributed by atoms with van der Waals surface area (Å²) in [5.41, 5.74) is 1.21. The van der Waals surface area contributed by atoms with Crippen LogP contribution in [-0.4, -0.2) is 31.6 Å². The van der Waals surface area contributed by atoms with E-state index < -0.39 is 0 Å². The van der Waals surface area contributed by atoms with Crippen LogP contribution >= 0.6 is 0 Å². The zero-order chi connectivity index (χ0) is 18.4. The Hall–Kier alpha value is -1.85. The summed E-state index contributed by atoms with van der Waals surface area (Å²) in [5.74, 6) is 2.59. The molecule has 5 heteroatoms. The van der Waals surface area contributed by atoms with Gasteiger partial charge in [-0.05, 0) is 35.4 Å². The van der Waals surface area contributed by atoms with Gasteiger partial charge in [0.2, 0.25) is 0 Å². The van der Waals surface area contributed by atoms with Gasteiger partial charge in [0.1, 0.15) is 11.9 Å². The first-order valence-electron chi connectivity index (χ1n) is 9.39. The van der Waals surface area contributed by atoms with E-state index in [4.69, 9.17) is 18.7 Å². The fourth-order valence-electron chi connectivity index (χ4n) is 3.28. The number of hydrogen-bond acceptors (Lipinski definition) is 5. The third-order valence-corrected chi connectivity index (χ3v) is 4.97. The number of methoxy groups -OCH3 is 1. The highest BCUT2D eigenvalue weighted by atomic mass is 16.5. The van der Waals surface area contributed by atoms with Crippen molar-refractivity contribution in [3.8, 4) is 5.88 Å². The van der Waals surface area contributed by atoms with Crippen molar-refractivity contribution in [1.29, 1.82) is 0 Å². The third kappa shape index (κ3) is 5.08. The SMILES string of the molecule is COCC(c1cc(OC2CC(COCc3ccccc3)C2)no1)C(C)C. The Labute approximate surface area is 155 Å². The summed E-state index contributed by atoms with van der Waals surface area (Å²) in [6, 6.07) is 12.2. The van der Waals surface area contributed by atoms with Crippen LogP contribution in [0.3, 0.4) is 0 Å². The maximum atomic E-state index is 5.93. The van der Waals surface area contributed by atoms with Crippen molar-refractivity contribution in [2.75, 3.05) is 20.3 Å². The Morgan fingerprint density at radius 1 is 1.19 bits per heavy atom. The lowest BCUT2D eigenvalue weighted by atomic mass is 9.83. The maximum absolute atomic E-state index is 5.93. The third-order valence-electron chi connectivity index (χ3n) is 4.97. The molecule has 5 nitrogen and oxygen atoms in total. The van der Waals surface area contributed by atoms with Gasteiger partial charge in [0.25, 0.3) is 5.88 Å². The second-order valence-electron chi connectivity index (χ2n) is 7.45. The number of rotatable bonds is 10. The van der Waals surface area contributed by atoms with Crippen molar-refractivity contribution < 1.29 is 18.7 Å². The van der Waals surface area contributed by atoms with Gasteiger partial charge in [-0.25, -0.2) is 0 Å². The molecule has 1 fully saturated rings. The first kappa shape index (κ1) is 18.9. The standard InChI is InChI=1S/C21H29NO4/c1-15(2)19(14-23-3)20-11-21(22-26-20)25-18-9-17(10-18)13-24-12-16-7-5-4-6-8-16/h4-8,11,15,17-19H,9-10,12-14H2,1-3H3. The van der Waals surface area contributed by atoms with Gasteiger partial charge in [0.15, 0.2) is 0 Å². The summed E-state index contributed by atoms with van der Waals surface area (Å²) in [6.07, 6.45) is 2.21. The highest BCUT2D eigenvalue weighted by Crippen LogP contribution is 2.33. The molecule has 0 radical (unpaired) electrons. The Balaban J connectivity index is 1.38. The van der Waals surface area contributed by atoms with Gasteiger partial charge in [-0.15, -0.1) is 0 Å². The number of benzene rings is 1. The normalized spacial score (nSPS) is 20.8. The van der Waals surface area contributed by atoms with Gasteiger partial charge in [0.05, 0.1) is 19.8 Å². The Kier molecular flexibility index (Phi) is 6.69. The molecular weight excluding hydrogens is 330 g/mol. The van der Waals surface area contributed by atoms with E-state index in [-0.39, 0.29) is 12.0 Å². The molecule has 0 amide bonds. The summed E-state index contributed by atoms with van der Waals surface area (Å²) in [5, 5.41) is 4.07. The summed E-state index contributed by atoms with van der Waals surface area (Å²) in [4.78, 5) is 0. The van der Waals surface area contributed by atoms with E-state index in [1.165, 1.54) is 5.56 Å². The molecule has 1 heterocycles. The molecule has 0 N–H and O–H groups in total. The van der Waals surface area contributed by atoms with Crippen LogP contribution in [0.1, 0.15) is 43.9 Å². The lowest BCUT2D eigenvalue weighted by molar-refractivity contribution is -0.00540. The van der Waals surface area contributed by atoms with Crippen LogP contribution in [-0.2, 0) is 16.1 Å². The number of hydrogen-bond donors (Lipinski definition) is 0. The largest absolute Gasteiger partial charge is 0.472 e. The average molecular weight is 359 g/mol. The minimum absolute atomic E-state index is 0.199. The second kappa shape index (κ2) is 9.19. The molecule has 1 aromatic heterocycles. The average Bonchev–Trinajstić information content (AvgIpc) is 3.06. The van der Waals surface area contributed by atoms with Crippen LogP contribution < -0.4 is 4.74 Å². The predicted octanol–water partition coefficient (Wildman–Crippen LogP) is 4.43. The van der Waals surface area contributed by atoms with Crippen molar-refractivity contribution in [2.24, 2.45) is 11.8 Å². The van der Waals surface area contributed by atoms with Gasteiger partial charge < -0.3 is 18.7 Å².